The Balaban J connectivity index is 1.68. The molecule has 0 radical (unpaired) electrons. The quantitative estimate of drug-likeness (QED) is 0.685. The van der Waals surface area contributed by atoms with Crippen molar-refractivity contribution in [2.24, 2.45) is 0 Å². The van der Waals surface area contributed by atoms with Crippen LogP contribution < -0.4 is 5.32 Å². The molecule has 1 aliphatic rings. The summed E-state index contributed by atoms with van der Waals surface area (Å²) in [4.78, 5) is 29.7. The fourth-order valence-electron chi connectivity index (χ4n) is 2.82. The Morgan fingerprint density at radius 1 is 1.08 bits per heavy atom. The van der Waals surface area contributed by atoms with Gasteiger partial charge < -0.3 is 14.8 Å². The van der Waals surface area contributed by atoms with Crippen LogP contribution >= 0.6 is 0 Å². The molecule has 0 unspecified atom stereocenters. The van der Waals surface area contributed by atoms with E-state index in [1.54, 1.807) is 6.07 Å². The second-order valence-corrected chi connectivity index (χ2v) is 5.73. The average Bonchev–Trinajstić information content (AvgIpc) is 3.19. The van der Waals surface area contributed by atoms with Crippen molar-refractivity contribution in [1.29, 1.82) is 0 Å². The van der Waals surface area contributed by atoms with E-state index in [4.69, 9.17) is 9.52 Å². The second-order valence-electron chi connectivity index (χ2n) is 5.73. The fourth-order valence-corrected chi connectivity index (χ4v) is 2.82. The third-order valence-corrected chi connectivity index (χ3v) is 4.05. The number of aliphatic hydroxyl groups is 1. The molecule has 7 nitrogen and oxygen atoms in total. The molecule has 26 heavy (non-hydrogen) atoms. The maximum atomic E-state index is 12.3. The minimum absolute atomic E-state index is 0.0356. The number of para-hydroxylation sites is 3. The van der Waals surface area contributed by atoms with E-state index in [2.05, 4.69) is 10.3 Å². The van der Waals surface area contributed by atoms with Gasteiger partial charge in [0.2, 0.25) is 5.89 Å². The van der Waals surface area contributed by atoms with Gasteiger partial charge in [0.15, 0.2) is 5.58 Å². The molecule has 0 spiro atoms. The van der Waals surface area contributed by atoms with Crippen LogP contribution in [-0.2, 0) is 9.59 Å². The van der Waals surface area contributed by atoms with Gasteiger partial charge in [-0.2, -0.15) is 0 Å². The van der Waals surface area contributed by atoms with Crippen molar-refractivity contribution in [3.63, 3.8) is 0 Å². The number of oxazole rings is 1. The van der Waals surface area contributed by atoms with Gasteiger partial charge in [0.25, 0.3) is 11.8 Å². The van der Waals surface area contributed by atoms with Crippen LogP contribution in [0.4, 0.5) is 5.69 Å². The molecule has 0 saturated carbocycles. The summed E-state index contributed by atoms with van der Waals surface area (Å²) in [6.07, 6.45) is 1.22. The van der Waals surface area contributed by atoms with E-state index in [0.717, 1.165) is 10.4 Å². The van der Waals surface area contributed by atoms with E-state index in [1.807, 2.05) is 42.5 Å². The van der Waals surface area contributed by atoms with Crippen LogP contribution in [0, 0.1) is 0 Å². The fraction of sp³-hybridized carbons (Fsp3) is 0.105. The number of imide groups is 1. The maximum absolute atomic E-state index is 12.3. The Morgan fingerprint density at radius 2 is 1.85 bits per heavy atom. The van der Waals surface area contributed by atoms with E-state index in [9.17, 15) is 9.59 Å². The molecule has 2 heterocycles. The molecule has 3 aromatic rings. The van der Waals surface area contributed by atoms with Crippen LogP contribution in [0.3, 0.4) is 0 Å². The molecule has 0 bridgehead atoms. The molecule has 7 heteroatoms. The zero-order chi connectivity index (χ0) is 18.1. The van der Waals surface area contributed by atoms with Gasteiger partial charge in [-0.05, 0) is 24.3 Å². The molecule has 0 atom stereocenters. The summed E-state index contributed by atoms with van der Waals surface area (Å²) in [5.74, 6) is -0.513. The Morgan fingerprint density at radius 3 is 2.65 bits per heavy atom. The Labute approximate surface area is 148 Å². The van der Waals surface area contributed by atoms with E-state index in [0.29, 0.717) is 22.7 Å². The van der Waals surface area contributed by atoms with E-state index >= 15 is 0 Å². The predicted molar refractivity (Wildman–Crippen MR) is 95.0 cm³/mol. The lowest BCUT2D eigenvalue weighted by molar-refractivity contribution is -0.137. The number of nitrogens with zero attached hydrogens (tertiary/aromatic N) is 2. The summed E-state index contributed by atoms with van der Waals surface area (Å²) < 4.78 is 5.80. The highest BCUT2D eigenvalue weighted by Crippen LogP contribution is 2.31. The number of rotatable bonds is 5. The molecule has 0 aliphatic carbocycles. The second kappa shape index (κ2) is 6.45. The molecule has 0 fully saturated rings. The predicted octanol–water partition coefficient (Wildman–Crippen LogP) is 2.15. The van der Waals surface area contributed by atoms with Gasteiger partial charge in [-0.15, -0.1) is 0 Å². The van der Waals surface area contributed by atoms with Crippen LogP contribution in [-0.4, -0.2) is 40.0 Å². The highest BCUT2D eigenvalue weighted by atomic mass is 16.3. The summed E-state index contributed by atoms with van der Waals surface area (Å²) in [6.45, 7) is -0.315. The van der Waals surface area contributed by atoms with Gasteiger partial charge in [-0.1, -0.05) is 24.3 Å². The first-order valence-corrected chi connectivity index (χ1v) is 8.08. The lowest BCUT2D eigenvalue weighted by Gasteiger charge is -2.14. The largest absolute Gasteiger partial charge is 0.436 e. The molecule has 2 N–H and O–H groups in total. The minimum atomic E-state index is -0.476. The third kappa shape index (κ3) is 2.74. The van der Waals surface area contributed by atoms with E-state index in [-0.39, 0.29) is 18.8 Å². The summed E-state index contributed by atoms with van der Waals surface area (Å²) in [6, 6.07) is 14.7. The average molecular weight is 349 g/mol. The van der Waals surface area contributed by atoms with Crippen molar-refractivity contribution in [1.82, 2.24) is 9.88 Å². The Hall–Kier alpha value is -3.45. The number of nitrogens with one attached hydrogen (secondary N) is 1. The summed E-state index contributed by atoms with van der Waals surface area (Å²) in [7, 11) is 0. The topological polar surface area (TPSA) is 95.7 Å². The molecule has 0 saturated heterocycles. The Kier molecular flexibility index (Phi) is 3.98. The first-order chi connectivity index (χ1) is 12.7. The van der Waals surface area contributed by atoms with Crippen molar-refractivity contribution in [3.8, 4) is 11.5 Å². The molecule has 2 amide bonds. The van der Waals surface area contributed by atoms with Gasteiger partial charge >= 0.3 is 0 Å². The number of carbonyl (C=O) groups excluding carboxylic acids is 2. The number of hydrogen-bond donors (Lipinski definition) is 2. The smallest absolute Gasteiger partial charge is 0.277 e. The number of amides is 2. The van der Waals surface area contributed by atoms with Crippen LogP contribution in [0.2, 0.25) is 0 Å². The van der Waals surface area contributed by atoms with Gasteiger partial charge in [-0.3, -0.25) is 14.5 Å². The first kappa shape index (κ1) is 16.0. The molecule has 2 aromatic carbocycles. The number of fused-ring (bicyclic) bond motifs is 1. The van der Waals surface area contributed by atoms with Gasteiger partial charge in [0, 0.05) is 6.08 Å². The summed E-state index contributed by atoms with van der Waals surface area (Å²) >= 11 is 0. The van der Waals surface area contributed by atoms with Crippen LogP contribution in [0.25, 0.3) is 22.6 Å². The summed E-state index contributed by atoms with van der Waals surface area (Å²) in [5.41, 5.74) is 2.81. The molecule has 1 aromatic heterocycles. The van der Waals surface area contributed by atoms with E-state index in [1.165, 1.54) is 6.08 Å². The van der Waals surface area contributed by atoms with Gasteiger partial charge in [0.1, 0.15) is 11.2 Å². The number of β-amino-alcohol motifs (C(OH)–C–C–N with tert-alkyl or cyclic N) is 1. The first-order valence-electron chi connectivity index (χ1n) is 8.08. The van der Waals surface area contributed by atoms with Crippen molar-refractivity contribution < 1.29 is 19.1 Å². The van der Waals surface area contributed by atoms with Crippen molar-refractivity contribution >= 4 is 28.6 Å². The maximum Gasteiger partial charge on any atom is 0.277 e. The lowest BCUT2D eigenvalue weighted by atomic mass is 10.1. The van der Waals surface area contributed by atoms with Crippen molar-refractivity contribution in [3.05, 3.63) is 60.3 Å². The normalized spacial score (nSPS) is 14.2. The van der Waals surface area contributed by atoms with Crippen molar-refractivity contribution in [2.75, 3.05) is 18.5 Å². The molecular formula is C19H15N3O4. The standard InChI is InChI=1S/C19H15N3O4/c23-10-9-22-17(24)11-15(19(22)25)20-13-6-2-1-5-12(13)18-21-14-7-3-4-8-16(14)26-18/h1-8,11,20,23H,9-10H2. The molecule has 1 aliphatic heterocycles. The Bertz CT molecular complexity index is 1000. The molecule has 4 rings (SSSR count). The van der Waals surface area contributed by atoms with Crippen molar-refractivity contribution in [2.45, 2.75) is 0 Å². The van der Waals surface area contributed by atoms with E-state index < -0.39 is 11.8 Å². The number of aromatic nitrogens is 1. The highest BCUT2D eigenvalue weighted by Gasteiger charge is 2.31. The van der Waals surface area contributed by atoms with Gasteiger partial charge in [0.05, 0.1) is 24.4 Å². The SMILES string of the molecule is O=C1C=C(Nc2ccccc2-c2nc3ccccc3o2)C(=O)N1CCO. The monoisotopic (exact) mass is 349 g/mol. The van der Waals surface area contributed by atoms with Crippen LogP contribution in [0.15, 0.2) is 64.7 Å². The number of aliphatic hydroxyl groups excluding tert-OH is 1. The number of benzene rings is 2. The zero-order valence-corrected chi connectivity index (χ0v) is 13.7. The number of carbonyl (C=O) groups is 2. The molecular weight excluding hydrogens is 334 g/mol. The van der Waals surface area contributed by atoms with Crippen LogP contribution in [0.5, 0.6) is 0 Å². The number of anilines is 1. The van der Waals surface area contributed by atoms with Gasteiger partial charge in [-0.25, -0.2) is 4.98 Å². The zero-order valence-electron chi connectivity index (χ0n) is 13.7. The molecule has 130 valence electrons. The van der Waals surface area contributed by atoms with Crippen LogP contribution in [0.1, 0.15) is 0 Å². The summed E-state index contributed by atoms with van der Waals surface area (Å²) in [5, 5.41) is 12.0. The highest BCUT2D eigenvalue weighted by molar-refractivity contribution is 6.17. The minimum Gasteiger partial charge on any atom is -0.436 e. The third-order valence-electron chi connectivity index (χ3n) is 4.05. The lowest BCUT2D eigenvalue weighted by Crippen LogP contribution is -2.34. The number of hydrogen-bond acceptors (Lipinski definition) is 6.